The number of anilines is 1. The number of ether oxygens (including phenoxy) is 1. The first kappa shape index (κ1) is 12.0. The van der Waals surface area contributed by atoms with Crippen molar-refractivity contribution in [2.24, 2.45) is 5.92 Å². The van der Waals surface area contributed by atoms with Crippen LogP contribution in [0.25, 0.3) is 0 Å². The second-order valence-corrected chi connectivity index (χ2v) is 4.73. The van der Waals surface area contributed by atoms with Gasteiger partial charge >= 0.3 is 0 Å². The molecule has 1 aromatic rings. The highest BCUT2D eigenvalue weighted by molar-refractivity contribution is 8.03. The third kappa shape index (κ3) is 3.48. The first-order valence-corrected chi connectivity index (χ1v) is 6.13. The standard InChI is InChI=1S/C12H12N2O2S/c13-8-17-11-3-1-10(2-4-11)14-12(15)5-9-6-16-7-9/h1-4,9H,5-7H2,(H,14,15). The van der Waals surface area contributed by atoms with Crippen molar-refractivity contribution in [1.82, 2.24) is 0 Å². The maximum atomic E-state index is 11.6. The molecule has 0 unspecified atom stereocenters. The minimum absolute atomic E-state index is 0.0130. The largest absolute Gasteiger partial charge is 0.381 e. The summed E-state index contributed by atoms with van der Waals surface area (Å²) in [7, 11) is 0. The Morgan fingerprint density at radius 1 is 1.47 bits per heavy atom. The fourth-order valence-corrected chi connectivity index (χ4v) is 1.91. The zero-order valence-electron chi connectivity index (χ0n) is 9.18. The first-order valence-electron chi connectivity index (χ1n) is 5.31. The van der Waals surface area contributed by atoms with Crippen molar-refractivity contribution in [3.63, 3.8) is 0 Å². The van der Waals surface area contributed by atoms with E-state index in [-0.39, 0.29) is 5.91 Å². The Labute approximate surface area is 104 Å². The van der Waals surface area contributed by atoms with E-state index < -0.39 is 0 Å². The molecule has 1 aliphatic heterocycles. The molecule has 0 spiro atoms. The van der Waals surface area contributed by atoms with Crippen LogP contribution in [0.2, 0.25) is 0 Å². The van der Waals surface area contributed by atoms with E-state index >= 15 is 0 Å². The average molecular weight is 248 g/mol. The number of hydrogen-bond donors (Lipinski definition) is 1. The molecule has 1 fully saturated rings. The van der Waals surface area contributed by atoms with Crippen molar-refractivity contribution < 1.29 is 9.53 Å². The quantitative estimate of drug-likeness (QED) is 0.655. The number of thiocyanates is 1. The molecule has 0 bridgehead atoms. The molecule has 1 heterocycles. The van der Waals surface area contributed by atoms with Gasteiger partial charge in [0.1, 0.15) is 5.40 Å². The number of thioether (sulfide) groups is 1. The van der Waals surface area contributed by atoms with Crippen molar-refractivity contribution in [2.75, 3.05) is 18.5 Å². The van der Waals surface area contributed by atoms with Gasteiger partial charge in [-0.3, -0.25) is 4.79 Å². The predicted octanol–water partition coefficient (Wildman–Crippen LogP) is 2.23. The van der Waals surface area contributed by atoms with Crippen molar-refractivity contribution in [2.45, 2.75) is 11.3 Å². The summed E-state index contributed by atoms with van der Waals surface area (Å²) in [5.74, 6) is 0.377. The number of nitrogens with one attached hydrogen (secondary N) is 1. The molecule has 17 heavy (non-hydrogen) atoms. The number of benzene rings is 1. The Kier molecular flexibility index (Phi) is 4.02. The van der Waals surface area contributed by atoms with E-state index in [2.05, 4.69) is 5.32 Å². The van der Waals surface area contributed by atoms with Gasteiger partial charge in [0, 0.05) is 22.9 Å². The van der Waals surface area contributed by atoms with E-state index in [1.807, 2.05) is 17.5 Å². The molecule has 0 aliphatic carbocycles. The summed E-state index contributed by atoms with van der Waals surface area (Å²) >= 11 is 1.10. The zero-order valence-corrected chi connectivity index (χ0v) is 10.00. The summed E-state index contributed by atoms with van der Waals surface area (Å²) in [5.41, 5.74) is 0.762. The number of nitrogens with zero attached hydrogens (tertiary/aromatic N) is 1. The van der Waals surface area contributed by atoms with E-state index in [0.29, 0.717) is 25.6 Å². The maximum absolute atomic E-state index is 11.6. The highest BCUT2D eigenvalue weighted by atomic mass is 32.2. The molecule has 88 valence electrons. The number of hydrogen-bond acceptors (Lipinski definition) is 4. The Morgan fingerprint density at radius 2 is 2.18 bits per heavy atom. The van der Waals surface area contributed by atoms with Crippen LogP contribution in [0, 0.1) is 16.6 Å². The van der Waals surface area contributed by atoms with Crippen LogP contribution in [0.3, 0.4) is 0 Å². The molecular weight excluding hydrogens is 236 g/mol. The molecule has 1 aliphatic rings. The van der Waals surface area contributed by atoms with E-state index in [9.17, 15) is 4.79 Å². The summed E-state index contributed by atoms with van der Waals surface area (Å²) in [6.07, 6.45) is 0.509. The minimum atomic E-state index is 0.0130. The van der Waals surface area contributed by atoms with Crippen LogP contribution in [0.15, 0.2) is 29.2 Å². The Hall–Kier alpha value is -1.51. The zero-order chi connectivity index (χ0) is 12.1. The smallest absolute Gasteiger partial charge is 0.224 e. The van der Waals surface area contributed by atoms with Gasteiger partial charge in [-0.15, -0.1) is 0 Å². The molecule has 0 saturated carbocycles. The average Bonchev–Trinajstić information content (AvgIpc) is 2.27. The molecule has 0 atom stereocenters. The molecule has 0 radical (unpaired) electrons. The Morgan fingerprint density at radius 3 is 2.71 bits per heavy atom. The van der Waals surface area contributed by atoms with Gasteiger partial charge in [-0.25, -0.2) is 0 Å². The fraction of sp³-hybridized carbons (Fsp3) is 0.333. The second kappa shape index (κ2) is 5.71. The van der Waals surface area contributed by atoms with Crippen LogP contribution in [0.4, 0.5) is 5.69 Å². The lowest BCUT2D eigenvalue weighted by atomic mass is 10.0. The van der Waals surface area contributed by atoms with Gasteiger partial charge in [0.15, 0.2) is 0 Å². The molecule has 1 saturated heterocycles. The van der Waals surface area contributed by atoms with Gasteiger partial charge < -0.3 is 10.1 Å². The lowest BCUT2D eigenvalue weighted by molar-refractivity contribution is -0.121. The highest BCUT2D eigenvalue weighted by Crippen LogP contribution is 2.20. The summed E-state index contributed by atoms with van der Waals surface area (Å²) in [4.78, 5) is 12.5. The van der Waals surface area contributed by atoms with E-state index in [1.165, 1.54) is 0 Å². The predicted molar refractivity (Wildman–Crippen MR) is 65.5 cm³/mol. The molecular formula is C12H12N2O2S. The first-order chi connectivity index (χ1) is 8.28. The fourth-order valence-electron chi connectivity index (χ4n) is 1.54. The van der Waals surface area contributed by atoms with Gasteiger partial charge in [-0.05, 0) is 36.0 Å². The molecule has 4 nitrogen and oxygen atoms in total. The summed E-state index contributed by atoms with van der Waals surface area (Å²) in [6.45, 7) is 1.37. The van der Waals surface area contributed by atoms with Crippen LogP contribution >= 0.6 is 11.8 Å². The number of rotatable bonds is 4. The van der Waals surface area contributed by atoms with Crippen molar-refractivity contribution in [1.29, 1.82) is 5.26 Å². The maximum Gasteiger partial charge on any atom is 0.224 e. The van der Waals surface area contributed by atoms with Crippen LogP contribution in [-0.4, -0.2) is 19.1 Å². The lowest BCUT2D eigenvalue weighted by Crippen LogP contribution is -2.31. The third-order valence-electron chi connectivity index (χ3n) is 2.48. The topological polar surface area (TPSA) is 62.1 Å². The van der Waals surface area contributed by atoms with Crippen molar-refractivity contribution in [3.8, 4) is 5.40 Å². The number of carbonyl (C=O) groups is 1. The van der Waals surface area contributed by atoms with Gasteiger partial charge in [0.25, 0.3) is 0 Å². The van der Waals surface area contributed by atoms with Gasteiger partial charge in [-0.2, -0.15) is 5.26 Å². The monoisotopic (exact) mass is 248 g/mol. The lowest BCUT2D eigenvalue weighted by Gasteiger charge is -2.25. The van der Waals surface area contributed by atoms with E-state index in [0.717, 1.165) is 22.3 Å². The summed E-state index contributed by atoms with van der Waals surface area (Å²) < 4.78 is 5.02. The van der Waals surface area contributed by atoms with E-state index in [1.54, 1.807) is 12.1 Å². The van der Waals surface area contributed by atoms with Gasteiger partial charge in [-0.1, -0.05) is 0 Å². The van der Waals surface area contributed by atoms with Crippen LogP contribution in [0.1, 0.15) is 6.42 Å². The third-order valence-corrected chi connectivity index (χ3v) is 3.08. The van der Waals surface area contributed by atoms with Gasteiger partial charge in [0.05, 0.1) is 13.2 Å². The Balaban J connectivity index is 1.85. The summed E-state index contributed by atoms with van der Waals surface area (Å²) in [6, 6.07) is 7.23. The van der Waals surface area contributed by atoms with E-state index in [4.69, 9.17) is 10.00 Å². The molecule has 1 N–H and O–H groups in total. The SMILES string of the molecule is N#CSc1ccc(NC(=O)CC2COC2)cc1. The molecule has 1 amide bonds. The Bertz CT molecular complexity index is 435. The molecule has 5 heteroatoms. The van der Waals surface area contributed by atoms with Crippen LogP contribution in [-0.2, 0) is 9.53 Å². The number of nitriles is 1. The number of carbonyl (C=O) groups excluding carboxylic acids is 1. The highest BCUT2D eigenvalue weighted by Gasteiger charge is 2.21. The second-order valence-electron chi connectivity index (χ2n) is 3.87. The normalized spacial score (nSPS) is 14.8. The minimum Gasteiger partial charge on any atom is -0.381 e. The number of amides is 1. The molecule has 2 rings (SSSR count). The van der Waals surface area contributed by atoms with Crippen LogP contribution in [0.5, 0.6) is 0 Å². The van der Waals surface area contributed by atoms with Crippen LogP contribution < -0.4 is 5.32 Å². The molecule has 0 aromatic heterocycles. The summed E-state index contributed by atoms with van der Waals surface area (Å²) in [5, 5.41) is 13.3. The van der Waals surface area contributed by atoms with Crippen molar-refractivity contribution in [3.05, 3.63) is 24.3 Å². The van der Waals surface area contributed by atoms with Crippen molar-refractivity contribution >= 4 is 23.4 Å². The van der Waals surface area contributed by atoms with Gasteiger partial charge in [0.2, 0.25) is 5.91 Å². The molecule has 1 aromatic carbocycles.